The van der Waals surface area contributed by atoms with E-state index in [4.69, 9.17) is 11.6 Å². The number of hydrogen-bond acceptors (Lipinski definition) is 6. The third-order valence-corrected chi connectivity index (χ3v) is 9.11. The molecule has 7 nitrogen and oxygen atoms in total. The van der Waals surface area contributed by atoms with Gasteiger partial charge in [-0.05, 0) is 36.2 Å². The van der Waals surface area contributed by atoms with Crippen LogP contribution in [-0.2, 0) is 16.3 Å². The maximum atomic E-state index is 12.7. The third-order valence-electron chi connectivity index (χ3n) is 5.64. The Morgan fingerprint density at radius 1 is 1.22 bits per heavy atom. The van der Waals surface area contributed by atoms with Gasteiger partial charge in [-0.1, -0.05) is 41.6 Å². The highest BCUT2D eigenvalue weighted by atomic mass is 35.5. The van der Waals surface area contributed by atoms with Gasteiger partial charge in [-0.2, -0.15) is 0 Å². The van der Waals surface area contributed by atoms with Crippen LogP contribution in [0.5, 0.6) is 0 Å². The minimum atomic E-state index is -3.00. The summed E-state index contributed by atoms with van der Waals surface area (Å²) in [4.78, 5) is 20.4. The molecule has 10 heteroatoms. The van der Waals surface area contributed by atoms with Gasteiger partial charge < -0.3 is 15.6 Å². The highest BCUT2D eigenvalue weighted by Crippen LogP contribution is 2.35. The van der Waals surface area contributed by atoms with Gasteiger partial charge in [0.05, 0.1) is 28.3 Å². The van der Waals surface area contributed by atoms with E-state index in [9.17, 15) is 13.2 Å². The molecule has 1 aromatic heterocycles. The van der Waals surface area contributed by atoms with Gasteiger partial charge in [-0.15, -0.1) is 0 Å². The molecule has 0 bridgehead atoms. The molecule has 32 heavy (non-hydrogen) atoms. The lowest BCUT2D eigenvalue weighted by atomic mass is 10.1. The van der Waals surface area contributed by atoms with E-state index >= 15 is 0 Å². The number of para-hydroxylation sites is 1. The number of thioether (sulfide) groups is 1. The predicted molar refractivity (Wildman–Crippen MR) is 131 cm³/mol. The van der Waals surface area contributed by atoms with Crippen molar-refractivity contribution in [1.82, 2.24) is 10.3 Å². The summed E-state index contributed by atoms with van der Waals surface area (Å²) < 4.78 is 23.5. The molecule has 0 radical (unpaired) electrons. The van der Waals surface area contributed by atoms with Crippen LogP contribution in [0.25, 0.3) is 10.9 Å². The van der Waals surface area contributed by atoms with Crippen LogP contribution in [0.3, 0.4) is 0 Å². The summed E-state index contributed by atoms with van der Waals surface area (Å²) in [5.74, 6) is 0.0417. The van der Waals surface area contributed by atoms with E-state index in [1.165, 1.54) is 11.8 Å². The minimum absolute atomic E-state index is 0.0581. The van der Waals surface area contributed by atoms with Crippen LogP contribution in [0.15, 0.2) is 53.7 Å². The fraction of sp³-hybridized carbons (Fsp3) is 0.273. The molecule has 0 aliphatic carbocycles. The zero-order valence-electron chi connectivity index (χ0n) is 17.0. The van der Waals surface area contributed by atoms with Crippen LogP contribution < -0.4 is 10.6 Å². The Morgan fingerprint density at radius 2 is 2.06 bits per heavy atom. The van der Waals surface area contributed by atoms with Crippen molar-refractivity contribution >= 4 is 60.9 Å². The maximum absolute atomic E-state index is 12.7. The average Bonchev–Trinajstić information content (AvgIpc) is 3.40. The van der Waals surface area contributed by atoms with E-state index in [1.54, 1.807) is 18.2 Å². The van der Waals surface area contributed by atoms with Crippen molar-refractivity contribution in [2.45, 2.75) is 17.7 Å². The Labute approximate surface area is 194 Å². The first kappa shape index (κ1) is 21.4. The highest BCUT2D eigenvalue weighted by molar-refractivity contribution is 8.15. The second kappa shape index (κ2) is 8.46. The van der Waals surface area contributed by atoms with Crippen LogP contribution in [0, 0.1) is 0 Å². The van der Waals surface area contributed by atoms with E-state index in [1.807, 2.05) is 24.4 Å². The third kappa shape index (κ3) is 4.37. The number of H-pyrrole nitrogens is 1. The highest BCUT2D eigenvalue weighted by Gasteiger charge is 2.42. The number of hydrogen-bond donors (Lipinski definition) is 3. The monoisotopic (exact) mass is 488 g/mol. The number of fused-ring (bicyclic) bond motifs is 2. The number of benzene rings is 2. The Kier molecular flexibility index (Phi) is 5.65. The second-order valence-corrected chi connectivity index (χ2v) is 11.7. The van der Waals surface area contributed by atoms with Gasteiger partial charge >= 0.3 is 0 Å². The number of carbonyl (C=O) groups excluding carboxylic acids is 1. The first-order chi connectivity index (χ1) is 15.4. The predicted octanol–water partition coefficient (Wildman–Crippen LogP) is 3.47. The van der Waals surface area contributed by atoms with Gasteiger partial charge in [0.15, 0.2) is 15.0 Å². The molecule has 3 heterocycles. The fourth-order valence-electron chi connectivity index (χ4n) is 4.04. The van der Waals surface area contributed by atoms with Crippen molar-refractivity contribution < 1.29 is 13.2 Å². The van der Waals surface area contributed by atoms with E-state index in [0.29, 0.717) is 34.4 Å². The molecule has 166 valence electrons. The molecule has 2 atom stereocenters. The number of carbonyl (C=O) groups is 1. The normalized spacial score (nSPS) is 21.3. The van der Waals surface area contributed by atoms with Crippen molar-refractivity contribution in [2.24, 2.45) is 4.99 Å². The molecule has 0 saturated carbocycles. The second-order valence-electron chi connectivity index (χ2n) is 7.92. The van der Waals surface area contributed by atoms with Crippen LogP contribution in [-0.4, -0.2) is 53.8 Å². The van der Waals surface area contributed by atoms with Crippen molar-refractivity contribution in [1.29, 1.82) is 0 Å². The summed E-state index contributed by atoms with van der Waals surface area (Å²) in [7, 11) is -3.00. The molecule has 0 spiro atoms. The van der Waals surface area contributed by atoms with Gasteiger partial charge in [0.25, 0.3) is 5.91 Å². The smallest absolute Gasteiger partial charge is 0.251 e. The molecule has 1 saturated heterocycles. The van der Waals surface area contributed by atoms with Gasteiger partial charge in [0, 0.05) is 34.5 Å². The molecule has 2 aliphatic rings. The number of aromatic amines is 1. The van der Waals surface area contributed by atoms with E-state index in [2.05, 4.69) is 26.7 Å². The van der Waals surface area contributed by atoms with Crippen molar-refractivity contribution in [3.05, 3.63) is 64.8 Å². The van der Waals surface area contributed by atoms with E-state index in [0.717, 1.165) is 16.5 Å². The molecule has 1 amide bonds. The standard InChI is InChI=1S/C22H21ClN4O3S2/c23-16-6-5-13(9-18(16)26-22-27-19-11-32(29,30)12-20(19)31-22)21(28)24-8-7-14-10-25-17-4-2-1-3-15(14)17/h1-6,9-10,19-20,25H,7-8,11-12H2,(H,24,28)(H,26,27)/t19-,20+/m1/s1. The number of amides is 1. The SMILES string of the molecule is O=C(NCCc1c[nH]c2ccccc12)c1ccc(Cl)c(NC2=N[C@@H]3CS(=O)(=O)C[C@@H]3S2)c1. The Balaban J connectivity index is 1.22. The minimum Gasteiger partial charge on any atom is -0.361 e. The lowest BCUT2D eigenvalue weighted by Gasteiger charge is -2.11. The Bertz CT molecular complexity index is 1340. The molecule has 2 aromatic carbocycles. The van der Waals surface area contributed by atoms with Crippen molar-refractivity contribution in [3.8, 4) is 0 Å². The molecular weight excluding hydrogens is 468 g/mol. The zero-order chi connectivity index (χ0) is 22.3. The number of halogens is 1. The Hall–Kier alpha value is -2.49. The summed E-state index contributed by atoms with van der Waals surface area (Å²) in [5.41, 5.74) is 3.30. The zero-order valence-corrected chi connectivity index (χ0v) is 19.4. The van der Waals surface area contributed by atoms with Crippen LogP contribution in [0.1, 0.15) is 15.9 Å². The van der Waals surface area contributed by atoms with Crippen LogP contribution in [0.2, 0.25) is 5.02 Å². The number of rotatable bonds is 5. The van der Waals surface area contributed by atoms with E-state index < -0.39 is 9.84 Å². The molecule has 3 N–H and O–H groups in total. The molecular formula is C22H21ClN4O3S2. The molecule has 2 aliphatic heterocycles. The number of nitrogens with zero attached hydrogens (tertiary/aromatic N) is 1. The van der Waals surface area contributed by atoms with E-state index in [-0.39, 0.29) is 28.7 Å². The number of aromatic nitrogens is 1. The number of amidine groups is 1. The summed E-state index contributed by atoms with van der Waals surface area (Å²) in [6.07, 6.45) is 2.69. The topological polar surface area (TPSA) is 103 Å². The maximum Gasteiger partial charge on any atom is 0.251 e. The summed E-state index contributed by atoms with van der Waals surface area (Å²) in [6.45, 7) is 0.506. The summed E-state index contributed by atoms with van der Waals surface area (Å²) in [6, 6.07) is 12.9. The van der Waals surface area contributed by atoms with Gasteiger partial charge in [0.1, 0.15) is 0 Å². The first-order valence-electron chi connectivity index (χ1n) is 10.2. The number of nitrogens with one attached hydrogen (secondary N) is 3. The molecule has 0 unspecified atom stereocenters. The van der Waals surface area contributed by atoms with Crippen molar-refractivity contribution in [2.75, 3.05) is 23.4 Å². The molecule has 5 rings (SSSR count). The van der Waals surface area contributed by atoms with Crippen molar-refractivity contribution in [3.63, 3.8) is 0 Å². The summed E-state index contributed by atoms with van der Waals surface area (Å²) in [5, 5.41) is 8.32. The van der Waals surface area contributed by atoms with Crippen LogP contribution >= 0.6 is 23.4 Å². The Morgan fingerprint density at radius 3 is 2.91 bits per heavy atom. The molecule has 1 fully saturated rings. The summed E-state index contributed by atoms with van der Waals surface area (Å²) >= 11 is 7.73. The first-order valence-corrected chi connectivity index (χ1v) is 13.3. The lowest BCUT2D eigenvalue weighted by molar-refractivity contribution is 0.0954. The fourth-order valence-corrected chi connectivity index (χ4v) is 7.88. The number of aliphatic imine (C=N–C) groups is 1. The lowest BCUT2D eigenvalue weighted by Crippen LogP contribution is -2.25. The van der Waals surface area contributed by atoms with Gasteiger partial charge in [-0.3, -0.25) is 9.79 Å². The average molecular weight is 489 g/mol. The quantitative estimate of drug-likeness (QED) is 0.510. The van der Waals surface area contributed by atoms with Gasteiger partial charge in [0.2, 0.25) is 0 Å². The molecule has 3 aromatic rings. The van der Waals surface area contributed by atoms with Crippen LogP contribution in [0.4, 0.5) is 5.69 Å². The van der Waals surface area contributed by atoms with Gasteiger partial charge in [-0.25, -0.2) is 8.42 Å². The largest absolute Gasteiger partial charge is 0.361 e. The number of anilines is 1. The number of sulfone groups is 1.